The molecule has 1 aromatic carbocycles. The highest BCUT2D eigenvalue weighted by Crippen LogP contribution is 2.26. The van der Waals surface area contributed by atoms with E-state index in [0.29, 0.717) is 5.56 Å². The number of hydrogen-bond acceptors (Lipinski definition) is 3. The molecular formula is C14H13BrN2O2. The van der Waals surface area contributed by atoms with Gasteiger partial charge in [0.2, 0.25) is 0 Å². The molecule has 0 aliphatic carbocycles. The van der Waals surface area contributed by atoms with Crippen LogP contribution in [0.5, 0.6) is 5.75 Å². The van der Waals surface area contributed by atoms with Crippen LogP contribution < -0.4 is 4.74 Å². The first-order chi connectivity index (χ1) is 9.10. The molecular weight excluding hydrogens is 308 g/mol. The van der Waals surface area contributed by atoms with E-state index in [0.717, 1.165) is 15.8 Å². The molecule has 0 aliphatic heterocycles. The lowest BCUT2D eigenvalue weighted by molar-refractivity contribution is 0.104. The molecule has 19 heavy (non-hydrogen) atoms. The van der Waals surface area contributed by atoms with Crippen molar-refractivity contribution in [3.8, 4) is 5.75 Å². The molecule has 0 amide bonds. The maximum Gasteiger partial charge on any atom is 0.189 e. The smallest absolute Gasteiger partial charge is 0.189 e. The Hall–Kier alpha value is -1.88. The summed E-state index contributed by atoms with van der Waals surface area (Å²) in [4.78, 5) is 11.9. The molecule has 4 nitrogen and oxygen atoms in total. The van der Waals surface area contributed by atoms with Crippen molar-refractivity contribution in [2.45, 2.75) is 0 Å². The number of aryl methyl sites for hydroxylation is 1. The molecule has 0 unspecified atom stereocenters. The predicted octanol–water partition coefficient (Wildman–Crippen LogP) is 3.09. The Balaban J connectivity index is 2.14. The highest BCUT2D eigenvalue weighted by molar-refractivity contribution is 9.10. The molecule has 1 aromatic heterocycles. The number of aromatic nitrogens is 2. The van der Waals surface area contributed by atoms with Crippen LogP contribution in [0.15, 0.2) is 41.1 Å². The van der Waals surface area contributed by atoms with E-state index in [9.17, 15) is 4.79 Å². The number of methoxy groups -OCH3 is 1. The minimum Gasteiger partial charge on any atom is -0.496 e. The zero-order valence-electron chi connectivity index (χ0n) is 10.6. The van der Waals surface area contributed by atoms with Crippen molar-refractivity contribution in [2.24, 2.45) is 7.05 Å². The number of benzene rings is 1. The fourth-order valence-electron chi connectivity index (χ4n) is 1.60. The molecule has 0 bridgehead atoms. The van der Waals surface area contributed by atoms with Gasteiger partial charge in [-0.25, -0.2) is 0 Å². The number of rotatable bonds is 4. The molecule has 0 saturated heterocycles. The van der Waals surface area contributed by atoms with Crippen LogP contribution in [-0.4, -0.2) is 22.7 Å². The summed E-state index contributed by atoms with van der Waals surface area (Å²) in [5.74, 6) is 0.691. The van der Waals surface area contributed by atoms with Crippen LogP contribution in [0.2, 0.25) is 0 Å². The van der Waals surface area contributed by atoms with Crippen molar-refractivity contribution >= 4 is 27.8 Å². The van der Waals surface area contributed by atoms with Crippen molar-refractivity contribution in [3.63, 3.8) is 0 Å². The van der Waals surface area contributed by atoms with E-state index >= 15 is 0 Å². The predicted molar refractivity (Wildman–Crippen MR) is 77.3 cm³/mol. The van der Waals surface area contributed by atoms with Gasteiger partial charge in [0, 0.05) is 13.2 Å². The van der Waals surface area contributed by atoms with Gasteiger partial charge in [0.05, 0.1) is 23.3 Å². The van der Waals surface area contributed by atoms with Crippen molar-refractivity contribution in [1.82, 2.24) is 9.78 Å². The highest BCUT2D eigenvalue weighted by Gasteiger charge is 2.04. The average Bonchev–Trinajstić information content (AvgIpc) is 2.83. The number of carbonyl (C=O) groups is 1. The summed E-state index contributed by atoms with van der Waals surface area (Å²) < 4.78 is 7.60. The van der Waals surface area contributed by atoms with Gasteiger partial charge in [-0.3, -0.25) is 9.48 Å². The van der Waals surface area contributed by atoms with E-state index in [1.807, 2.05) is 18.2 Å². The summed E-state index contributed by atoms with van der Waals surface area (Å²) in [5.41, 5.74) is 1.50. The highest BCUT2D eigenvalue weighted by atomic mass is 79.9. The van der Waals surface area contributed by atoms with Crippen LogP contribution in [0.25, 0.3) is 6.08 Å². The molecule has 2 aromatic rings. The third kappa shape index (κ3) is 3.32. The maximum atomic E-state index is 11.9. The normalized spacial score (nSPS) is 10.9. The fourth-order valence-corrected chi connectivity index (χ4v) is 2.16. The first-order valence-electron chi connectivity index (χ1n) is 5.65. The van der Waals surface area contributed by atoms with Gasteiger partial charge in [0.25, 0.3) is 0 Å². The summed E-state index contributed by atoms with van der Waals surface area (Å²) in [6, 6.07) is 5.63. The van der Waals surface area contributed by atoms with Gasteiger partial charge >= 0.3 is 0 Å². The van der Waals surface area contributed by atoms with Gasteiger partial charge in [0.15, 0.2) is 5.78 Å². The van der Waals surface area contributed by atoms with Crippen LogP contribution in [0.3, 0.4) is 0 Å². The molecule has 2 rings (SSSR count). The van der Waals surface area contributed by atoms with E-state index in [-0.39, 0.29) is 5.78 Å². The van der Waals surface area contributed by atoms with Crippen LogP contribution in [0.4, 0.5) is 0 Å². The molecule has 0 saturated carbocycles. The Kier molecular flexibility index (Phi) is 4.16. The molecule has 0 fully saturated rings. The van der Waals surface area contributed by atoms with E-state index in [2.05, 4.69) is 21.0 Å². The topological polar surface area (TPSA) is 44.1 Å². The summed E-state index contributed by atoms with van der Waals surface area (Å²) in [7, 11) is 3.39. The molecule has 98 valence electrons. The number of nitrogens with zero attached hydrogens (tertiary/aromatic N) is 2. The van der Waals surface area contributed by atoms with Crippen molar-refractivity contribution in [2.75, 3.05) is 7.11 Å². The van der Waals surface area contributed by atoms with Crippen LogP contribution in [0.1, 0.15) is 15.9 Å². The Bertz CT molecular complexity index is 632. The standard InChI is InChI=1S/C14H13BrN2O2/c1-17-9-11(8-16-17)13(18)5-3-10-4-6-14(19-2)12(15)7-10/h3-9H,1-2H3. The first-order valence-corrected chi connectivity index (χ1v) is 6.44. The van der Waals surface area contributed by atoms with Crippen LogP contribution >= 0.6 is 15.9 Å². The zero-order chi connectivity index (χ0) is 13.8. The number of halogens is 1. The Labute approximate surface area is 119 Å². The molecule has 0 spiro atoms. The SMILES string of the molecule is COc1ccc(C=CC(=O)c2cnn(C)c2)cc1Br. The van der Waals surface area contributed by atoms with Crippen LogP contribution in [0, 0.1) is 0 Å². The number of carbonyl (C=O) groups excluding carboxylic acids is 1. The second-order valence-corrected chi connectivity index (χ2v) is 4.85. The van der Waals surface area contributed by atoms with E-state index in [1.165, 1.54) is 6.08 Å². The summed E-state index contributed by atoms with van der Waals surface area (Å²) in [5, 5.41) is 3.97. The van der Waals surface area contributed by atoms with Gasteiger partial charge in [-0.05, 0) is 39.7 Å². The van der Waals surface area contributed by atoms with Gasteiger partial charge < -0.3 is 4.74 Å². The fraction of sp³-hybridized carbons (Fsp3) is 0.143. The third-order valence-corrected chi connectivity index (χ3v) is 3.21. The summed E-state index contributed by atoms with van der Waals surface area (Å²) in [6.45, 7) is 0. The van der Waals surface area contributed by atoms with Gasteiger partial charge in [-0.1, -0.05) is 12.1 Å². The summed E-state index contributed by atoms with van der Waals surface area (Å²) >= 11 is 3.41. The largest absolute Gasteiger partial charge is 0.496 e. The lowest BCUT2D eigenvalue weighted by atomic mass is 10.1. The Morgan fingerprint density at radius 3 is 2.84 bits per heavy atom. The minimum absolute atomic E-state index is 0.0694. The Morgan fingerprint density at radius 1 is 1.47 bits per heavy atom. The van der Waals surface area contributed by atoms with Crippen molar-refractivity contribution in [1.29, 1.82) is 0 Å². The van der Waals surface area contributed by atoms with Gasteiger partial charge in [-0.15, -0.1) is 0 Å². The number of ketones is 1. The van der Waals surface area contributed by atoms with Crippen LogP contribution in [-0.2, 0) is 7.05 Å². The average molecular weight is 321 g/mol. The minimum atomic E-state index is -0.0694. The van der Waals surface area contributed by atoms with Gasteiger partial charge in [0.1, 0.15) is 5.75 Å². The zero-order valence-corrected chi connectivity index (χ0v) is 12.2. The Morgan fingerprint density at radius 2 is 2.26 bits per heavy atom. The molecule has 0 radical (unpaired) electrons. The molecule has 1 heterocycles. The maximum absolute atomic E-state index is 11.9. The quantitative estimate of drug-likeness (QED) is 0.642. The number of hydrogen-bond donors (Lipinski definition) is 0. The molecule has 0 atom stereocenters. The van der Waals surface area contributed by atoms with Crippen molar-refractivity contribution in [3.05, 3.63) is 52.3 Å². The molecule has 0 N–H and O–H groups in total. The second-order valence-electron chi connectivity index (χ2n) is 3.99. The first kappa shape index (κ1) is 13.5. The second kappa shape index (κ2) is 5.84. The molecule has 5 heteroatoms. The lowest BCUT2D eigenvalue weighted by Gasteiger charge is -2.03. The van der Waals surface area contributed by atoms with Crippen molar-refractivity contribution < 1.29 is 9.53 Å². The number of ether oxygens (including phenoxy) is 1. The summed E-state index contributed by atoms with van der Waals surface area (Å²) in [6.07, 6.45) is 6.54. The van der Waals surface area contributed by atoms with Gasteiger partial charge in [-0.2, -0.15) is 5.10 Å². The third-order valence-electron chi connectivity index (χ3n) is 2.59. The van der Waals surface area contributed by atoms with E-state index in [1.54, 1.807) is 37.3 Å². The lowest BCUT2D eigenvalue weighted by Crippen LogP contribution is -1.92. The van der Waals surface area contributed by atoms with E-state index in [4.69, 9.17) is 4.74 Å². The number of allylic oxidation sites excluding steroid dienone is 1. The monoisotopic (exact) mass is 320 g/mol. The van der Waals surface area contributed by atoms with E-state index < -0.39 is 0 Å². The molecule has 0 aliphatic rings.